The number of rotatable bonds is 2. The number of fused-ring (bicyclic) bond motifs is 2. The zero-order valence-corrected chi connectivity index (χ0v) is 10.2. The first kappa shape index (κ1) is 10.1. The van der Waals surface area contributed by atoms with Crippen LogP contribution in [0.5, 0.6) is 0 Å². The highest BCUT2D eigenvalue weighted by Crippen LogP contribution is 2.48. The first-order valence-corrected chi connectivity index (χ1v) is 6.57. The maximum Gasteiger partial charge on any atom is 0.254 e. The van der Waals surface area contributed by atoms with E-state index in [-0.39, 0.29) is 5.91 Å². The van der Waals surface area contributed by atoms with Gasteiger partial charge in [-0.25, -0.2) is 0 Å². The van der Waals surface area contributed by atoms with Crippen LogP contribution >= 0.6 is 0 Å². The topological polar surface area (TPSA) is 20.3 Å². The van der Waals surface area contributed by atoms with Gasteiger partial charge in [0, 0.05) is 18.7 Å². The third kappa shape index (κ3) is 1.52. The fourth-order valence-electron chi connectivity index (χ4n) is 3.01. The average Bonchev–Trinajstić information content (AvgIpc) is 3.09. The summed E-state index contributed by atoms with van der Waals surface area (Å²) >= 11 is 0. The second-order valence-corrected chi connectivity index (χ2v) is 5.48. The molecule has 1 heterocycles. The summed E-state index contributed by atoms with van der Waals surface area (Å²) in [6, 6.07) is 10.2. The number of carbonyl (C=O) groups excluding carboxylic acids is 1. The molecule has 1 saturated heterocycles. The quantitative estimate of drug-likeness (QED) is 0.774. The summed E-state index contributed by atoms with van der Waals surface area (Å²) in [5.74, 6) is 1.60. The largest absolute Gasteiger partial charge is 0.330 e. The van der Waals surface area contributed by atoms with Crippen LogP contribution in [-0.2, 0) is 11.3 Å². The zero-order chi connectivity index (χ0) is 12.1. The first-order valence-electron chi connectivity index (χ1n) is 6.57. The molecule has 1 saturated carbocycles. The van der Waals surface area contributed by atoms with Gasteiger partial charge in [-0.1, -0.05) is 42.5 Å². The number of hydrogen-bond donors (Lipinski definition) is 0. The normalized spacial score (nSPS) is 28.4. The van der Waals surface area contributed by atoms with Crippen molar-refractivity contribution in [3.63, 3.8) is 0 Å². The molecule has 0 radical (unpaired) electrons. The van der Waals surface area contributed by atoms with Crippen molar-refractivity contribution in [3.05, 3.63) is 59.2 Å². The van der Waals surface area contributed by atoms with E-state index in [0.717, 1.165) is 24.6 Å². The first-order chi connectivity index (χ1) is 8.81. The van der Waals surface area contributed by atoms with Gasteiger partial charge in [-0.3, -0.25) is 4.79 Å². The van der Waals surface area contributed by atoms with Gasteiger partial charge in [0.25, 0.3) is 5.91 Å². The molecular formula is C16H15NO. The summed E-state index contributed by atoms with van der Waals surface area (Å²) < 4.78 is 0. The van der Waals surface area contributed by atoms with E-state index in [1.165, 1.54) is 17.6 Å². The van der Waals surface area contributed by atoms with Gasteiger partial charge in [-0.15, -0.1) is 0 Å². The van der Waals surface area contributed by atoms with E-state index in [2.05, 4.69) is 24.3 Å². The Morgan fingerprint density at radius 3 is 2.72 bits per heavy atom. The van der Waals surface area contributed by atoms with Crippen LogP contribution in [0.1, 0.15) is 12.0 Å². The molecule has 3 aliphatic rings. The molecule has 2 atom stereocenters. The molecule has 4 rings (SSSR count). The van der Waals surface area contributed by atoms with E-state index in [0.29, 0.717) is 5.92 Å². The summed E-state index contributed by atoms with van der Waals surface area (Å²) in [6.07, 6.45) is 5.77. The predicted octanol–water partition coefficient (Wildman–Crippen LogP) is 2.53. The molecule has 1 aromatic rings. The minimum absolute atomic E-state index is 0.218. The summed E-state index contributed by atoms with van der Waals surface area (Å²) in [4.78, 5) is 14.3. The van der Waals surface area contributed by atoms with Crippen LogP contribution in [0.2, 0.25) is 0 Å². The molecule has 2 nitrogen and oxygen atoms in total. The lowest BCUT2D eigenvalue weighted by Gasteiger charge is -2.14. The summed E-state index contributed by atoms with van der Waals surface area (Å²) in [7, 11) is 0. The van der Waals surface area contributed by atoms with Crippen molar-refractivity contribution >= 4 is 5.91 Å². The van der Waals surface area contributed by atoms with E-state index >= 15 is 0 Å². The fourth-order valence-corrected chi connectivity index (χ4v) is 3.01. The monoisotopic (exact) mass is 237 g/mol. The summed E-state index contributed by atoms with van der Waals surface area (Å²) in [5.41, 5.74) is 3.44. The molecule has 18 heavy (non-hydrogen) atoms. The molecule has 0 bridgehead atoms. The predicted molar refractivity (Wildman–Crippen MR) is 69.6 cm³/mol. The Hall–Kier alpha value is -1.83. The Morgan fingerprint density at radius 2 is 1.89 bits per heavy atom. The molecule has 0 N–H and O–H groups in total. The van der Waals surface area contributed by atoms with Crippen LogP contribution in [0, 0.1) is 11.8 Å². The highest BCUT2D eigenvalue weighted by Gasteiger charge is 2.42. The van der Waals surface area contributed by atoms with Gasteiger partial charge in [-0.05, 0) is 29.4 Å². The SMILES string of the molecule is O=C1C2=CC3CC3C=C2CN1Cc1ccccc1. The standard InChI is InChI=1S/C16H15NO/c18-16-15-8-13-6-12(13)7-14(15)10-17(16)9-11-4-2-1-3-5-11/h1-5,7-8,12-13H,6,9-10H2. The van der Waals surface area contributed by atoms with E-state index in [1.807, 2.05) is 23.1 Å². The maximum absolute atomic E-state index is 12.3. The smallest absolute Gasteiger partial charge is 0.254 e. The molecule has 2 unspecified atom stereocenters. The van der Waals surface area contributed by atoms with E-state index in [1.54, 1.807) is 0 Å². The number of likely N-dealkylation sites (tertiary alicyclic amines) is 1. The van der Waals surface area contributed by atoms with Gasteiger partial charge in [0.15, 0.2) is 0 Å². The van der Waals surface area contributed by atoms with Gasteiger partial charge in [0.05, 0.1) is 0 Å². The van der Waals surface area contributed by atoms with E-state index < -0.39 is 0 Å². The second-order valence-electron chi connectivity index (χ2n) is 5.48. The van der Waals surface area contributed by atoms with Crippen LogP contribution in [0.3, 0.4) is 0 Å². The lowest BCUT2D eigenvalue weighted by Crippen LogP contribution is -2.24. The van der Waals surface area contributed by atoms with Crippen molar-refractivity contribution in [2.45, 2.75) is 13.0 Å². The second kappa shape index (κ2) is 3.58. The molecular weight excluding hydrogens is 222 g/mol. The van der Waals surface area contributed by atoms with Crippen LogP contribution < -0.4 is 0 Å². The van der Waals surface area contributed by atoms with Crippen LogP contribution in [-0.4, -0.2) is 17.4 Å². The molecule has 1 aromatic carbocycles. The Labute approximate surface area is 107 Å². The van der Waals surface area contributed by atoms with Crippen molar-refractivity contribution in [2.75, 3.05) is 6.54 Å². The maximum atomic E-state index is 12.3. The third-order valence-corrected chi connectivity index (χ3v) is 4.13. The highest BCUT2D eigenvalue weighted by molar-refractivity contribution is 6.01. The lowest BCUT2D eigenvalue weighted by molar-refractivity contribution is -0.125. The molecule has 0 aromatic heterocycles. The van der Waals surface area contributed by atoms with Crippen LogP contribution in [0.15, 0.2) is 53.6 Å². The van der Waals surface area contributed by atoms with E-state index in [9.17, 15) is 4.79 Å². The van der Waals surface area contributed by atoms with Crippen molar-refractivity contribution < 1.29 is 4.79 Å². The van der Waals surface area contributed by atoms with Crippen molar-refractivity contribution in [1.29, 1.82) is 0 Å². The molecule has 2 heteroatoms. The molecule has 2 fully saturated rings. The Kier molecular flexibility index (Phi) is 2.01. The average molecular weight is 237 g/mol. The number of amides is 1. The van der Waals surface area contributed by atoms with Gasteiger partial charge in [0.1, 0.15) is 0 Å². The number of nitrogens with zero attached hydrogens (tertiary/aromatic N) is 1. The molecule has 1 aliphatic heterocycles. The molecule has 0 spiro atoms. The minimum Gasteiger partial charge on any atom is -0.330 e. The van der Waals surface area contributed by atoms with Gasteiger partial charge >= 0.3 is 0 Å². The van der Waals surface area contributed by atoms with Gasteiger partial charge < -0.3 is 4.90 Å². The number of hydrogen-bond acceptors (Lipinski definition) is 1. The molecule has 2 aliphatic carbocycles. The summed E-state index contributed by atoms with van der Waals surface area (Å²) in [5, 5.41) is 0. The fraction of sp³-hybridized carbons (Fsp3) is 0.312. The van der Waals surface area contributed by atoms with Crippen LogP contribution in [0.25, 0.3) is 0 Å². The highest BCUT2D eigenvalue weighted by atomic mass is 16.2. The van der Waals surface area contributed by atoms with Crippen LogP contribution in [0.4, 0.5) is 0 Å². The number of benzene rings is 1. The molecule has 90 valence electrons. The van der Waals surface area contributed by atoms with Crippen molar-refractivity contribution in [1.82, 2.24) is 4.90 Å². The van der Waals surface area contributed by atoms with Gasteiger partial charge in [0.2, 0.25) is 0 Å². The van der Waals surface area contributed by atoms with Gasteiger partial charge in [-0.2, -0.15) is 0 Å². The van der Waals surface area contributed by atoms with Crippen molar-refractivity contribution in [3.8, 4) is 0 Å². The zero-order valence-electron chi connectivity index (χ0n) is 10.2. The number of allylic oxidation sites excluding steroid dienone is 2. The Balaban J connectivity index is 1.58. The van der Waals surface area contributed by atoms with E-state index in [4.69, 9.17) is 0 Å². The minimum atomic E-state index is 0.218. The Bertz CT molecular complexity index is 570. The third-order valence-electron chi connectivity index (χ3n) is 4.13. The summed E-state index contributed by atoms with van der Waals surface area (Å²) in [6.45, 7) is 1.52. The lowest BCUT2D eigenvalue weighted by atomic mass is 10.0. The van der Waals surface area contributed by atoms with Crippen molar-refractivity contribution in [2.24, 2.45) is 11.8 Å². The Morgan fingerprint density at radius 1 is 1.11 bits per heavy atom. The number of carbonyl (C=O) groups is 1. The molecule has 1 amide bonds.